The molecule has 0 N–H and O–H groups in total. The van der Waals surface area contributed by atoms with Crippen LogP contribution < -0.4 is 4.90 Å². The largest absolute Gasteiger partial charge is 0.313 e. The first kappa shape index (κ1) is 7.68. The molecule has 0 saturated heterocycles. The summed E-state index contributed by atoms with van der Waals surface area (Å²) in [6, 6.07) is 7.79. The normalized spacial score (nSPS) is 16.1. The summed E-state index contributed by atoms with van der Waals surface area (Å²) in [6.07, 6.45) is 0. The van der Waals surface area contributed by atoms with Gasteiger partial charge >= 0.3 is 0 Å². The smallest absolute Gasteiger partial charge is 0.247 e. The van der Waals surface area contributed by atoms with Gasteiger partial charge in [-0.2, -0.15) is 0 Å². The predicted octanol–water partition coefficient (Wildman–Crippen LogP) is 1.79. The van der Waals surface area contributed by atoms with Crippen molar-refractivity contribution >= 4 is 23.4 Å². The molecule has 0 aliphatic carbocycles. The van der Waals surface area contributed by atoms with Crippen LogP contribution in [0.3, 0.4) is 0 Å². The van der Waals surface area contributed by atoms with Crippen LogP contribution in [0.5, 0.6) is 0 Å². The summed E-state index contributed by atoms with van der Waals surface area (Å²) < 4.78 is 0. The second-order valence-corrected chi connectivity index (χ2v) is 3.38. The van der Waals surface area contributed by atoms with Crippen LogP contribution in [-0.2, 0) is 4.79 Å². The van der Waals surface area contributed by atoms with E-state index in [0.717, 1.165) is 10.6 Å². The number of fused-ring (bicyclic) bond motifs is 1. The molecule has 2 rings (SSSR count). The number of carbonyl (C=O) groups excluding carboxylic acids is 1. The van der Waals surface area contributed by atoms with E-state index in [-0.39, 0.29) is 5.91 Å². The van der Waals surface area contributed by atoms with Crippen molar-refractivity contribution in [2.24, 2.45) is 0 Å². The fourth-order valence-corrected chi connectivity index (χ4v) is 1.89. The summed E-state index contributed by atoms with van der Waals surface area (Å²) in [4.78, 5) is 13.8. The van der Waals surface area contributed by atoms with Gasteiger partial charge < -0.3 is 4.90 Å². The zero-order chi connectivity index (χ0) is 8.55. The lowest BCUT2D eigenvalue weighted by Crippen LogP contribution is -2.28. The topological polar surface area (TPSA) is 20.3 Å². The fourth-order valence-electron chi connectivity index (χ4n) is 1.10. The Hall–Kier alpha value is -0.960. The lowest BCUT2D eigenvalue weighted by atomic mass is 10.3. The lowest BCUT2D eigenvalue weighted by molar-refractivity contribution is -0.114. The van der Waals surface area contributed by atoms with Crippen molar-refractivity contribution in [3.63, 3.8) is 0 Å². The van der Waals surface area contributed by atoms with E-state index in [1.54, 1.807) is 11.9 Å². The Morgan fingerprint density at radius 1 is 1.42 bits per heavy atom. The number of anilines is 1. The first-order chi connectivity index (χ1) is 5.79. The molecule has 1 heterocycles. The van der Waals surface area contributed by atoms with Crippen LogP contribution in [-0.4, -0.2) is 13.0 Å². The van der Waals surface area contributed by atoms with E-state index in [9.17, 15) is 4.79 Å². The average molecular weight is 177 g/mol. The highest BCUT2D eigenvalue weighted by molar-refractivity contribution is 8.02. The second-order valence-electron chi connectivity index (χ2n) is 2.54. The molecular formula is C9H7NOS. The minimum absolute atomic E-state index is 0.0706. The van der Waals surface area contributed by atoms with Crippen LogP contribution in [0.15, 0.2) is 29.2 Å². The molecule has 0 saturated carbocycles. The van der Waals surface area contributed by atoms with Crippen LogP contribution >= 0.6 is 11.8 Å². The highest BCUT2D eigenvalue weighted by Crippen LogP contribution is 2.35. The second kappa shape index (κ2) is 2.83. The Balaban J connectivity index is 2.48. The summed E-state index contributed by atoms with van der Waals surface area (Å²) in [5, 5.41) is 0. The van der Waals surface area contributed by atoms with Crippen molar-refractivity contribution in [3.8, 4) is 0 Å². The molecule has 1 aliphatic heterocycles. The number of hydrogen-bond donors (Lipinski definition) is 0. The van der Waals surface area contributed by atoms with Gasteiger partial charge in [0.15, 0.2) is 5.75 Å². The average Bonchev–Trinajstić information content (AvgIpc) is 2.12. The molecule has 12 heavy (non-hydrogen) atoms. The van der Waals surface area contributed by atoms with E-state index in [1.807, 2.05) is 24.3 Å². The van der Waals surface area contributed by atoms with Crippen LogP contribution in [0.4, 0.5) is 5.69 Å². The number of hydrogen-bond acceptors (Lipinski definition) is 2. The monoisotopic (exact) mass is 177 g/mol. The maximum Gasteiger partial charge on any atom is 0.247 e. The van der Waals surface area contributed by atoms with Gasteiger partial charge in [0.25, 0.3) is 0 Å². The van der Waals surface area contributed by atoms with Crippen molar-refractivity contribution in [2.75, 3.05) is 11.9 Å². The molecule has 0 spiro atoms. The number of benzene rings is 1. The SMILES string of the molecule is CN1C(=O)[C]Sc2ccccc21. The standard InChI is InChI=1S/C9H7NOS/c1-10-7-4-2-3-5-8(7)12-6-9(10)11/h2-5H,1H3. The van der Waals surface area contributed by atoms with Crippen LogP contribution in [0.1, 0.15) is 0 Å². The summed E-state index contributed by atoms with van der Waals surface area (Å²) >= 11 is 1.36. The van der Waals surface area contributed by atoms with Gasteiger partial charge in [0.1, 0.15) is 0 Å². The number of thioether (sulfide) groups is 1. The summed E-state index contributed by atoms with van der Waals surface area (Å²) in [6.45, 7) is 0. The Kier molecular flexibility index (Phi) is 1.81. The number of nitrogens with zero attached hydrogens (tertiary/aromatic N) is 1. The van der Waals surface area contributed by atoms with Crippen LogP contribution in [0.2, 0.25) is 0 Å². The van der Waals surface area contributed by atoms with E-state index in [1.165, 1.54) is 11.8 Å². The van der Waals surface area contributed by atoms with Crippen molar-refractivity contribution in [1.29, 1.82) is 0 Å². The van der Waals surface area contributed by atoms with E-state index < -0.39 is 0 Å². The maximum absolute atomic E-state index is 11.2. The molecule has 60 valence electrons. The summed E-state index contributed by atoms with van der Waals surface area (Å²) in [7, 11) is 1.76. The number of rotatable bonds is 0. The molecule has 1 aliphatic rings. The highest BCUT2D eigenvalue weighted by atomic mass is 32.2. The van der Waals surface area contributed by atoms with Crippen molar-refractivity contribution in [2.45, 2.75) is 4.90 Å². The van der Waals surface area contributed by atoms with Gasteiger partial charge in [-0.15, -0.1) is 11.8 Å². The minimum atomic E-state index is -0.0706. The number of amides is 1. The van der Waals surface area contributed by atoms with Crippen LogP contribution in [0, 0.1) is 5.75 Å². The van der Waals surface area contributed by atoms with E-state index in [4.69, 9.17) is 0 Å². The molecule has 0 aromatic heterocycles. The Labute approximate surface area is 75.6 Å². The zero-order valence-corrected chi connectivity index (χ0v) is 7.39. The summed E-state index contributed by atoms with van der Waals surface area (Å²) in [5.74, 6) is 2.62. The van der Waals surface area contributed by atoms with Gasteiger partial charge in [0.2, 0.25) is 5.91 Å². The molecule has 1 aromatic rings. The molecule has 1 aromatic carbocycles. The quantitative estimate of drug-likeness (QED) is 0.602. The molecule has 0 fully saturated rings. The molecular weight excluding hydrogens is 170 g/mol. The zero-order valence-electron chi connectivity index (χ0n) is 6.57. The number of para-hydroxylation sites is 1. The van der Waals surface area contributed by atoms with Crippen molar-refractivity contribution in [1.82, 2.24) is 0 Å². The fraction of sp³-hybridized carbons (Fsp3) is 0.111. The molecule has 1 amide bonds. The molecule has 2 radical (unpaired) electrons. The van der Waals surface area contributed by atoms with Gasteiger partial charge in [0, 0.05) is 11.9 Å². The first-order valence-electron chi connectivity index (χ1n) is 3.58. The van der Waals surface area contributed by atoms with E-state index in [0.29, 0.717) is 0 Å². The Morgan fingerprint density at radius 2 is 2.17 bits per heavy atom. The van der Waals surface area contributed by atoms with Gasteiger partial charge in [-0.25, -0.2) is 0 Å². The first-order valence-corrected chi connectivity index (χ1v) is 4.40. The Morgan fingerprint density at radius 3 is 3.00 bits per heavy atom. The number of carbonyl (C=O) groups is 1. The predicted molar refractivity (Wildman–Crippen MR) is 49.0 cm³/mol. The van der Waals surface area contributed by atoms with Crippen LogP contribution in [0.25, 0.3) is 0 Å². The van der Waals surface area contributed by atoms with Crippen molar-refractivity contribution in [3.05, 3.63) is 30.0 Å². The lowest BCUT2D eigenvalue weighted by Gasteiger charge is -2.23. The molecule has 0 atom stereocenters. The van der Waals surface area contributed by atoms with Gasteiger partial charge in [-0.05, 0) is 12.1 Å². The van der Waals surface area contributed by atoms with E-state index in [2.05, 4.69) is 5.75 Å². The molecule has 0 bridgehead atoms. The van der Waals surface area contributed by atoms with Gasteiger partial charge in [-0.3, -0.25) is 4.79 Å². The maximum atomic E-state index is 11.2. The third-order valence-corrected chi connectivity index (χ3v) is 2.62. The van der Waals surface area contributed by atoms with Gasteiger partial charge in [0.05, 0.1) is 5.69 Å². The van der Waals surface area contributed by atoms with Crippen molar-refractivity contribution < 1.29 is 4.79 Å². The molecule has 2 nitrogen and oxygen atoms in total. The molecule has 0 unspecified atom stereocenters. The summed E-state index contributed by atoms with van der Waals surface area (Å²) in [5.41, 5.74) is 0.964. The Bertz CT molecular complexity index is 324. The van der Waals surface area contributed by atoms with E-state index >= 15 is 0 Å². The minimum Gasteiger partial charge on any atom is -0.313 e. The van der Waals surface area contributed by atoms with Gasteiger partial charge in [-0.1, -0.05) is 12.1 Å². The third-order valence-electron chi connectivity index (χ3n) is 1.78. The molecule has 3 heteroatoms. The third kappa shape index (κ3) is 1.10. The highest BCUT2D eigenvalue weighted by Gasteiger charge is 2.21.